The molecule has 1 heterocycles. The van der Waals surface area contributed by atoms with E-state index in [2.05, 4.69) is 25.7 Å². The van der Waals surface area contributed by atoms with Crippen molar-refractivity contribution in [3.8, 4) is 0 Å². The van der Waals surface area contributed by atoms with Gasteiger partial charge in [-0.3, -0.25) is 14.1 Å². The Morgan fingerprint density at radius 1 is 0.600 bits per heavy atom. The van der Waals surface area contributed by atoms with Crippen LogP contribution in [0, 0.1) is 0 Å². The molecule has 1 aliphatic rings. The van der Waals surface area contributed by atoms with Crippen molar-refractivity contribution < 1.29 is 56.8 Å². The lowest BCUT2D eigenvalue weighted by atomic mass is 10.00. The highest BCUT2D eigenvalue weighted by Gasteiger charge is 2.46. The average Bonchev–Trinajstić information content (AvgIpc) is 3.21. The summed E-state index contributed by atoms with van der Waals surface area (Å²) in [6, 6.07) is 0. The number of aliphatic hydroxyl groups is 3. The Bertz CT molecular complexity index is 1190. The van der Waals surface area contributed by atoms with Crippen molar-refractivity contribution in [1.29, 1.82) is 0 Å². The summed E-state index contributed by atoms with van der Waals surface area (Å²) < 4.78 is 54.1. The summed E-state index contributed by atoms with van der Waals surface area (Å²) in [6.07, 6.45) is 31.1. The normalized spacial score (nSPS) is 20.1. The molecule has 13 heteroatoms. The number of rotatable bonds is 41. The maximum atomic E-state index is 12.8. The van der Waals surface area contributed by atoms with Crippen molar-refractivity contribution in [2.75, 3.05) is 19.0 Å². The number of unbranched alkanes of at least 4 members (excludes halogenated alkanes) is 26. The molecule has 1 saturated heterocycles. The van der Waals surface area contributed by atoms with Gasteiger partial charge in [0.15, 0.2) is 12.4 Å². The van der Waals surface area contributed by atoms with Crippen LogP contribution >= 0.6 is 0 Å². The molecule has 0 aromatic heterocycles. The monoisotopic (exact) mass is 875 g/mol. The summed E-state index contributed by atoms with van der Waals surface area (Å²) in [5.41, 5.74) is 0. The highest BCUT2D eigenvalue weighted by Crippen LogP contribution is 2.24. The lowest BCUT2D eigenvalue weighted by molar-refractivity contribution is -0.297. The second kappa shape index (κ2) is 37.7. The zero-order chi connectivity index (χ0) is 44.1. The third-order valence-electron chi connectivity index (χ3n) is 11.1. The molecule has 12 nitrogen and oxygen atoms in total. The van der Waals surface area contributed by atoms with E-state index < -0.39 is 71.2 Å². The van der Waals surface area contributed by atoms with Crippen LogP contribution < -0.4 is 0 Å². The molecule has 0 aromatic carbocycles. The number of ether oxygens (including phenoxy) is 4. The number of carbonyl (C=O) groups excluding carboxylic acids is 2. The van der Waals surface area contributed by atoms with E-state index in [9.17, 15) is 37.9 Å². The van der Waals surface area contributed by atoms with Crippen molar-refractivity contribution in [3.63, 3.8) is 0 Å². The van der Waals surface area contributed by atoms with Crippen molar-refractivity contribution in [3.05, 3.63) is 24.8 Å². The minimum absolute atomic E-state index is 0.161. The number of esters is 2. The molecule has 60 heavy (non-hydrogen) atoms. The van der Waals surface area contributed by atoms with Gasteiger partial charge < -0.3 is 34.3 Å². The first kappa shape index (κ1) is 56.1. The summed E-state index contributed by atoms with van der Waals surface area (Å²) >= 11 is 0. The van der Waals surface area contributed by atoms with Gasteiger partial charge in [-0.25, -0.2) is 0 Å². The molecular weight excluding hydrogens is 789 g/mol. The Kier molecular flexibility index (Phi) is 35.2. The van der Waals surface area contributed by atoms with Gasteiger partial charge in [0.1, 0.15) is 36.8 Å². The molecule has 0 spiro atoms. The molecule has 1 fully saturated rings. The highest BCUT2D eigenvalue weighted by molar-refractivity contribution is 7.85. The molecule has 1 aliphatic heterocycles. The van der Waals surface area contributed by atoms with Crippen LogP contribution in [0.25, 0.3) is 0 Å². The van der Waals surface area contributed by atoms with Crippen LogP contribution in [0.5, 0.6) is 0 Å². The smallest absolute Gasteiger partial charge is 0.306 e. The Morgan fingerprint density at radius 2 is 1.03 bits per heavy atom. The van der Waals surface area contributed by atoms with Crippen LogP contribution in [0.15, 0.2) is 24.8 Å². The molecule has 0 aromatic rings. The van der Waals surface area contributed by atoms with E-state index >= 15 is 0 Å². The second-order valence-electron chi connectivity index (χ2n) is 16.9. The third kappa shape index (κ3) is 31.9. The van der Waals surface area contributed by atoms with E-state index in [1.165, 1.54) is 116 Å². The molecule has 2 unspecified atom stereocenters. The first-order valence-corrected chi connectivity index (χ1v) is 25.5. The first-order valence-electron chi connectivity index (χ1n) is 23.9. The predicted molar refractivity (Wildman–Crippen MR) is 238 cm³/mol. The molecule has 4 N–H and O–H groups in total. The Labute approximate surface area is 364 Å². The minimum atomic E-state index is -4.60. The molecule has 0 bridgehead atoms. The summed E-state index contributed by atoms with van der Waals surface area (Å²) in [5, 5.41) is 30.9. The van der Waals surface area contributed by atoms with Crippen molar-refractivity contribution in [1.82, 2.24) is 0 Å². The van der Waals surface area contributed by atoms with Crippen LogP contribution in [-0.2, 0) is 38.7 Å². The Morgan fingerprint density at radius 3 is 1.50 bits per heavy atom. The molecule has 0 aliphatic carbocycles. The Balaban J connectivity index is 2.41. The molecule has 1 rings (SSSR count). The standard InChI is InChI=1S/C47H86O12S/c1-3-5-7-9-11-13-15-17-19-20-22-24-26-28-30-32-34-36-43(49)58-40(38-57-47-46(52)45(51)44(50)41(59-47)39-60(53,54)55)37-56-42(48)35-33-31-29-27-25-23-21-18-16-14-12-10-8-6-4-2/h4,17,19,40-41,44-47,50-52H,2-3,5-16,18,20-39H2,1H3,(H,53,54,55)/b19-17+/t40-,41-,44-,45?,46?,47+/m1/s1. The fraction of sp³-hybridized carbons (Fsp3) is 0.872. The van der Waals surface area contributed by atoms with Crippen LogP contribution in [0.4, 0.5) is 0 Å². The topological polar surface area (TPSA) is 186 Å². The molecule has 6 atom stereocenters. The summed E-state index contributed by atoms with van der Waals surface area (Å²) in [4.78, 5) is 25.4. The maximum Gasteiger partial charge on any atom is 0.306 e. The van der Waals surface area contributed by atoms with Gasteiger partial charge in [0.2, 0.25) is 0 Å². The second-order valence-corrected chi connectivity index (χ2v) is 18.4. The molecule has 0 saturated carbocycles. The van der Waals surface area contributed by atoms with Crippen LogP contribution in [0.2, 0.25) is 0 Å². The number of aliphatic hydroxyl groups excluding tert-OH is 3. The fourth-order valence-corrected chi connectivity index (χ4v) is 8.11. The van der Waals surface area contributed by atoms with E-state index in [-0.39, 0.29) is 19.4 Å². The number of allylic oxidation sites excluding steroid dienone is 3. The van der Waals surface area contributed by atoms with E-state index in [0.717, 1.165) is 57.8 Å². The maximum absolute atomic E-state index is 12.8. The highest BCUT2D eigenvalue weighted by atomic mass is 32.2. The van der Waals surface area contributed by atoms with Crippen LogP contribution in [0.3, 0.4) is 0 Å². The lowest BCUT2D eigenvalue weighted by Crippen LogP contribution is -2.60. The molecule has 0 amide bonds. The van der Waals surface area contributed by atoms with Gasteiger partial charge in [0, 0.05) is 12.8 Å². The number of hydrogen-bond acceptors (Lipinski definition) is 11. The van der Waals surface area contributed by atoms with Gasteiger partial charge in [0.05, 0.1) is 6.61 Å². The largest absolute Gasteiger partial charge is 0.462 e. The van der Waals surface area contributed by atoms with Gasteiger partial charge in [0.25, 0.3) is 10.1 Å². The van der Waals surface area contributed by atoms with Gasteiger partial charge in [-0.05, 0) is 51.4 Å². The average molecular weight is 875 g/mol. The van der Waals surface area contributed by atoms with Gasteiger partial charge in [-0.1, -0.05) is 160 Å². The van der Waals surface area contributed by atoms with E-state index in [0.29, 0.717) is 12.8 Å². The van der Waals surface area contributed by atoms with Crippen molar-refractivity contribution in [2.24, 2.45) is 0 Å². The van der Waals surface area contributed by atoms with Crippen molar-refractivity contribution in [2.45, 2.75) is 243 Å². The molecular formula is C47H86O12S. The van der Waals surface area contributed by atoms with E-state index in [1.54, 1.807) is 0 Å². The summed E-state index contributed by atoms with van der Waals surface area (Å²) in [5.74, 6) is -1.98. The zero-order valence-electron chi connectivity index (χ0n) is 37.4. The third-order valence-corrected chi connectivity index (χ3v) is 11.9. The van der Waals surface area contributed by atoms with E-state index in [1.807, 2.05) is 6.08 Å². The zero-order valence-corrected chi connectivity index (χ0v) is 38.2. The van der Waals surface area contributed by atoms with Crippen LogP contribution in [-0.4, -0.2) is 96.0 Å². The first-order chi connectivity index (χ1) is 29.0. The summed E-state index contributed by atoms with van der Waals surface area (Å²) in [7, 11) is -4.60. The summed E-state index contributed by atoms with van der Waals surface area (Å²) in [6.45, 7) is 5.29. The predicted octanol–water partition coefficient (Wildman–Crippen LogP) is 10.0. The number of carbonyl (C=O) groups is 2. The van der Waals surface area contributed by atoms with Gasteiger partial charge >= 0.3 is 11.9 Å². The quantitative estimate of drug-likeness (QED) is 0.0197. The van der Waals surface area contributed by atoms with Gasteiger partial charge in [-0.2, -0.15) is 8.42 Å². The minimum Gasteiger partial charge on any atom is -0.462 e. The molecule has 352 valence electrons. The fourth-order valence-electron chi connectivity index (χ4n) is 7.42. The van der Waals surface area contributed by atoms with Crippen molar-refractivity contribution >= 4 is 22.1 Å². The molecule has 0 radical (unpaired) electrons. The number of hydrogen-bond donors (Lipinski definition) is 4. The SMILES string of the molecule is C=CCCCCCCCCCCCCCCCC(=O)OC[C@H](CO[C@H]1O[C@H](CS(=O)(=O)O)[C@@H](O)C(O)C1O)OC(=O)CCCCCCCCC/C=C/CCCCCCCC. The van der Waals surface area contributed by atoms with Crippen LogP contribution in [0.1, 0.15) is 206 Å². The van der Waals surface area contributed by atoms with E-state index in [4.69, 9.17) is 18.9 Å². The Hall–Kier alpha value is -1.87. The lowest BCUT2D eigenvalue weighted by Gasteiger charge is -2.40. The van der Waals surface area contributed by atoms with Gasteiger partial charge in [-0.15, -0.1) is 6.58 Å².